The molecule has 0 bridgehead atoms. The molecule has 2 rings (SSSR count). The van der Waals surface area contributed by atoms with Crippen LogP contribution in [0.4, 0.5) is 11.4 Å². The van der Waals surface area contributed by atoms with Crippen LogP contribution in [-0.4, -0.2) is 54.2 Å². The van der Waals surface area contributed by atoms with Gasteiger partial charge < -0.3 is 20.9 Å². The Labute approximate surface area is 122 Å². The van der Waals surface area contributed by atoms with Crippen LogP contribution < -0.4 is 11.1 Å². The number of rotatable bonds is 4. The van der Waals surface area contributed by atoms with Gasteiger partial charge in [0.05, 0.1) is 11.4 Å². The Hall–Kier alpha value is -2.57. The van der Waals surface area contributed by atoms with Gasteiger partial charge in [0.1, 0.15) is 0 Å². The number of nitrogens with one attached hydrogen (secondary N) is 1. The first-order chi connectivity index (χ1) is 9.99. The molecule has 1 heterocycles. The number of likely N-dealkylation sites (N-methyl/N-ethyl adjacent to an activating group) is 1. The summed E-state index contributed by atoms with van der Waals surface area (Å²) in [5.41, 5.74) is 6.76. The number of carbonyl (C=O) groups excluding carboxylic acids is 3. The molecule has 0 aliphatic carbocycles. The van der Waals surface area contributed by atoms with E-state index in [0.29, 0.717) is 24.5 Å². The third-order valence-corrected chi connectivity index (χ3v) is 3.37. The van der Waals surface area contributed by atoms with Gasteiger partial charge in [-0.25, -0.2) is 0 Å². The Morgan fingerprint density at radius 1 is 1.24 bits per heavy atom. The summed E-state index contributed by atoms with van der Waals surface area (Å²) in [5.74, 6) is -1.34. The first-order valence-electron chi connectivity index (χ1n) is 6.68. The first-order valence-corrected chi connectivity index (χ1v) is 6.68. The maximum absolute atomic E-state index is 11.9. The zero-order valence-corrected chi connectivity index (χ0v) is 11.8. The third kappa shape index (κ3) is 3.50. The van der Waals surface area contributed by atoms with Crippen molar-refractivity contribution >= 4 is 29.1 Å². The van der Waals surface area contributed by atoms with Crippen LogP contribution in [0.1, 0.15) is 6.42 Å². The molecule has 21 heavy (non-hydrogen) atoms. The van der Waals surface area contributed by atoms with Crippen LogP contribution in [0.25, 0.3) is 0 Å². The van der Waals surface area contributed by atoms with Crippen LogP contribution in [-0.2, 0) is 14.4 Å². The molecule has 0 radical (unpaired) electrons. The van der Waals surface area contributed by atoms with Crippen molar-refractivity contribution in [3.63, 3.8) is 0 Å². The van der Waals surface area contributed by atoms with Crippen molar-refractivity contribution in [2.45, 2.75) is 6.42 Å². The van der Waals surface area contributed by atoms with E-state index in [9.17, 15) is 14.4 Å². The van der Waals surface area contributed by atoms with E-state index in [1.165, 1.54) is 9.80 Å². The molecule has 0 spiro atoms. The van der Waals surface area contributed by atoms with Gasteiger partial charge in [-0.05, 0) is 12.1 Å². The molecule has 0 unspecified atom stereocenters. The van der Waals surface area contributed by atoms with E-state index in [0.717, 1.165) is 0 Å². The summed E-state index contributed by atoms with van der Waals surface area (Å²) in [6, 6.07) is 6.95. The Kier molecular flexibility index (Phi) is 4.42. The Morgan fingerprint density at radius 2 is 1.95 bits per heavy atom. The minimum atomic E-state index is -0.559. The lowest BCUT2D eigenvalue weighted by Crippen LogP contribution is -2.53. The highest BCUT2D eigenvalue weighted by Gasteiger charge is 2.30. The van der Waals surface area contributed by atoms with Crippen LogP contribution in [0.2, 0.25) is 0 Å². The molecular weight excluding hydrogens is 272 g/mol. The number of piperazine rings is 1. The quantitative estimate of drug-likeness (QED) is 0.598. The average Bonchev–Trinajstić information content (AvgIpc) is 2.46. The lowest BCUT2D eigenvalue weighted by atomic mass is 10.2. The Balaban J connectivity index is 1.86. The number of hydrogen-bond donors (Lipinski definition) is 2. The molecule has 1 aliphatic heterocycles. The second-order valence-corrected chi connectivity index (χ2v) is 4.90. The SMILES string of the molecule is CN1CCN(CCC(=O)Nc2ccccc2N)C(=O)C1=O. The van der Waals surface area contributed by atoms with Gasteiger partial charge >= 0.3 is 11.8 Å². The molecule has 1 aliphatic rings. The van der Waals surface area contributed by atoms with Crippen molar-refractivity contribution in [2.75, 3.05) is 37.7 Å². The lowest BCUT2D eigenvalue weighted by Gasteiger charge is -2.31. The summed E-state index contributed by atoms with van der Waals surface area (Å²) in [7, 11) is 1.59. The summed E-state index contributed by atoms with van der Waals surface area (Å²) in [5, 5.41) is 2.69. The van der Waals surface area contributed by atoms with Gasteiger partial charge in [-0.2, -0.15) is 0 Å². The van der Waals surface area contributed by atoms with Gasteiger partial charge in [-0.1, -0.05) is 12.1 Å². The lowest BCUT2D eigenvalue weighted by molar-refractivity contribution is -0.155. The van der Waals surface area contributed by atoms with E-state index < -0.39 is 11.8 Å². The average molecular weight is 290 g/mol. The Bertz CT molecular complexity index is 573. The molecule has 1 aromatic carbocycles. The fourth-order valence-electron chi connectivity index (χ4n) is 2.05. The standard InChI is InChI=1S/C14H18N4O3/c1-17-8-9-18(14(21)13(17)20)7-6-12(19)16-11-5-3-2-4-10(11)15/h2-5H,6-9,15H2,1H3,(H,16,19). The van der Waals surface area contributed by atoms with E-state index >= 15 is 0 Å². The van der Waals surface area contributed by atoms with Gasteiger partial charge in [0.2, 0.25) is 5.91 Å². The zero-order chi connectivity index (χ0) is 15.4. The Morgan fingerprint density at radius 3 is 2.67 bits per heavy atom. The highest BCUT2D eigenvalue weighted by atomic mass is 16.2. The van der Waals surface area contributed by atoms with E-state index in [-0.39, 0.29) is 18.9 Å². The number of para-hydroxylation sites is 2. The van der Waals surface area contributed by atoms with Gasteiger partial charge in [-0.3, -0.25) is 14.4 Å². The summed E-state index contributed by atoms with van der Waals surface area (Å²) in [6.45, 7) is 1.15. The fraction of sp³-hybridized carbons (Fsp3) is 0.357. The molecule has 3 N–H and O–H groups in total. The molecule has 112 valence electrons. The second-order valence-electron chi connectivity index (χ2n) is 4.90. The van der Waals surface area contributed by atoms with E-state index in [1.807, 2.05) is 0 Å². The van der Waals surface area contributed by atoms with Crippen LogP contribution in [0, 0.1) is 0 Å². The van der Waals surface area contributed by atoms with Crippen molar-refractivity contribution in [3.8, 4) is 0 Å². The minimum absolute atomic E-state index is 0.122. The van der Waals surface area contributed by atoms with Crippen molar-refractivity contribution in [1.82, 2.24) is 9.80 Å². The number of nitrogen functional groups attached to an aromatic ring is 1. The van der Waals surface area contributed by atoms with E-state index in [2.05, 4.69) is 5.32 Å². The monoisotopic (exact) mass is 290 g/mol. The van der Waals surface area contributed by atoms with E-state index in [4.69, 9.17) is 5.73 Å². The largest absolute Gasteiger partial charge is 0.397 e. The number of hydrogen-bond acceptors (Lipinski definition) is 4. The maximum Gasteiger partial charge on any atom is 0.312 e. The number of nitrogens with two attached hydrogens (primary N) is 1. The fourth-order valence-corrected chi connectivity index (χ4v) is 2.05. The molecule has 3 amide bonds. The zero-order valence-electron chi connectivity index (χ0n) is 11.8. The highest BCUT2D eigenvalue weighted by Crippen LogP contribution is 2.16. The number of carbonyl (C=O) groups is 3. The number of amides is 3. The number of nitrogens with zero attached hydrogens (tertiary/aromatic N) is 2. The maximum atomic E-state index is 11.9. The number of anilines is 2. The predicted molar refractivity (Wildman–Crippen MR) is 78.3 cm³/mol. The van der Waals surface area contributed by atoms with Crippen LogP contribution in [0.3, 0.4) is 0 Å². The molecule has 1 fully saturated rings. The second kappa shape index (κ2) is 6.25. The summed E-state index contributed by atoms with van der Waals surface area (Å²) in [4.78, 5) is 37.9. The molecule has 7 nitrogen and oxygen atoms in total. The smallest absolute Gasteiger partial charge is 0.312 e. The highest BCUT2D eigenvalue weighted by molar-refractivity contribution is 6.35. The van der Waals surface area contributed by atoms with Gasteiger partial charge in [0.15, 0.2) is 0 Å². The summed E-state index contributed by atoms with van der Waals surface area (Å²) in [6.07, 6.45) is 0.122. The normalized spacial score (nSPS) is 15.3. The summed E-state index contributed by atoms with van der Waals surface area (Å²) < 4.78 is 0. The molecular formula is C14H18N4O3. The van der Waals surface area contributed by atoms with Gasteiger partial charge in [0, 0.05) is 33.1 Å². The van der Waals surface area contributed by atoms with Crippen LogP contribution >= 0.6 is 0 Å². The van der Waals surface area contributed by atoms with Crippen LogP contribution in [0.5, 0.6) is 0 Å². The first kappa shape index (κ1) is 14.8. The van der Waals surface area contributed by atoms with Crippen LogP contribution in [0.15, 0.2) is 24.3 Å². The van der Waals surface area contributed by atoms with Crippen molar-refractivity contribution in [1.29, 1.82) is 0 Å². The third-order valence-electron chi connectivity index (χ3n) is 3.37. The minimum Gasteiger partial charge on any atom is -0.397 e. The van der Waals surface area contributed by atoms with Gasteiger partial charge in [0.25, 0.3) is 0 Å². The molecule has 1 saturated heterocycles. The van der Waals surface area contributed by atoms with Crippen molar-refractivity contribution in [3.05, 3.63) is 24.3 Å². The van der Waals surface area contributed by atoms with Crippen molar-refractivity contribution in [2.24, 2.45) is 0 Å². The molecule has 7 heteroatoms. The van der Waals surface area contributed by atoms with E-state index in [1.54, 1.807) is 31.3 Å². The molecule has 0 aromatic heterocycles. The molecule has 0 atom stereocenters. The van der Waals surface area contributed by atoms with Gasteiger partial charge in [-0.15, -0.1) is 0 Å². The predicted octanol–water partition coefficient (Wildman–Crippen LogP) is -0.102. The van der Waals surface area contributed by atoms with Crippen molar-refractivity contribution < 1.29 is 14.4 Å². The number of benzene rings is 1. The summed E-state index contributed by atoms with van der Waals surface area (Å²) >= 11 is 0. The molecule has 1 aromatic rings. The topological polar surface area (TPSA) is 95.7 Å². The molecule has 0 saturated carbocycles.